The maximum Gasteiger partial charge on any atom is 0.416 e. The summed E-state index contributed by atoms with van der Waals surface area (Å²) in [5.74, 6) is 0.894. The van der Waals surface area contributed by atoms with Crippen LogP contribution in [0.4, 0.5) is 13.2 Å². The minimum Gasteiger partial charge on any atom is -0.361 e. The zero-order valence-electron chi connectivity index (χ0n) is 18.1. The van der Waals surface area contributed by atoms with E-state index in [-0.39, 0.29) is 19.0 Å². The Morgan fingerprint density at radius 1 is 1.19 bits per heavy atom. The summed E-state index contributed by atoms with van der Waals surface area (Å²) >= 11 is 0. The summed E-state index contributed by atoms with van der Waals surface area (Å²) in [4.78, 5) is 17.7. The van der Waals surface area contributed by atoms with Gasteiger partial charge in [0.05, 0.1) is 24.3 Å². The highest BCUT2D eigenvalue weighted by Gasteiger charge is 2.30. The maximum atomic E-state index is 13.0. The summed E-state index contributed by atoms with van der Waals surface area (Å²) in [6.45, 7) is 4.30. The number of aromatic nitrogens is 1. The molecule has 2 N–H and O–H groups in total. The number of carbonyl (C=O) groups excluding carboxylic acids is 1. The lowest BCUT2D eigenvalue weighted by atomic mass is 10.1. The molecule has 0 atom stereocenters. The standard InChI is InChI=1S/C21H28F3N5O2/c1-5-17-16(18(6-2)31-28-17)12-26-20(27-13-19(30)29(3)4)25-11-14-8-7-9-15(10-14)21(22,23)24/h7-10H,5-6,11-13H2,1-4H3,(H2,25,26,27). The van der Waals surface area contributed by atoms with Gasteiger partial charge in [-0.1, -0.05) is 31.1 Å². The molecule has 0 aliphatic rings. The Hall–Kier alpha value is -3.04. The van der Waals surface area contributed by atoms with Crippen molar-refractivity contribution in [1.82, 2.24) is 20.7 Å². The van der Waals surface area contributed by atoms with E-state index >= 15 is 0 Å². The van der Waals surface area contributed by atoms with E-state index in [1.807, 2.05) is 13.8 Å². The summed E-state index contributed by atoms with van der Waals surface area (Å²) in [6, 6.07) is 5.01. The zero-order valence-corrected chi connectivity index (χ0v) is 18.1. The van der Waals surface area contributed by atoms with Crippen molar-refractivity contribution in [2.75, 3.05) is 20.6 Å². The van der Waals surface area contributed by atoms with Crippen LogP contribution in [0, 0.1) is 0 Å². The fourth-order valence-corrected chi connectivity index (χ4v) is 2.82. The van der Waals surface area contributed by atoms with Crippen molar-refractivity contribution >= 4 is 11.9 Å². The highest BCUT2D eigenvalue weighted by molar-refractivity contribution is 5.86. The molecular weight excluding hydrogens is 411 g/mol. The average Bonchev–Trinajstić information content (AvgIpc) is 3.14. The zero-order chi connectivity index (χ0) is 23.0. The molecule has 1 aromatic heterocycles. The summed E-state index contributed by atoms with van der Waals surface area (Å²) in [6.07, 6.45) is -3.05. The number of alkyl halides is 3. The molecule has 0 saturated carbocycles. The molecule has 0 bridgehead atoms. The predicted molar refractivity (Wildman–Crippen MR) is 111 cm³/mol. The van der Waals surface area contributed by atoms with Crippen LogP contribution in [0.2, 0.25) is 0 Å². The summed E-state index contributed by atoms with van der Waals surface area (Å²) in [5.41, 5.74) is 1.42. The van der Waals surface area contributed by atoms with E-state index < -0.39 is 11.7 Å². The van der Waals surface area contributed by atoms with Crippen LogP contribution in [-0.4, -0.2) is 42.6 Å². The van der Waals surface area contributed by atoms with Gasteiger partial charge in [0, 0.05) is 32.6 Å². The number of likely N-dealkylation sites (N-methyl/N-ethyl adjacent to an activating group) is 1. The van der Waals surface area contributed by atoms with Crippen LogP contribution in [0.5, 0.6) is 0 Å². The minimum absolute atomic E-state index is 0.00761. The number of benzene rings is 1. The number of carbonyl (C=O) groups is 1. The van der Waals surface area contributed by atoms with Crippen molar-refractivity contribution in [2.45, 2.75) is 46.0 Å². The summed E-state index contributed by atoms with van der Waals surface area (Å²) in [5, 5.41) is 10.1. The van der Waals surface area contributed by atoms with Crippen LogP contribution in [0.3, 0.4) is 0 Å². The van der Waals surface area contributed by atoms with Crippen LogP contribution in [-0.2, 0) is 36.9 Å². The number of aliphatic imine (C=N–C) groups is 1. The number of amides is 1. The molecule has 31 heavy (non-hydrogen) atoms. The number of nitrogens with one attached hydrogen (secondary N) is 2. The minimum atomic E-state index is -4.42. The number of halogens is 3. The topological polar surface area (TPSA) is 82.8 Å². The third-order valence-corrected chi connectivity index (χ3v) is 4.62. The average molecular weight is 439 g/mol. The first kappa shape index (κ1) is 24.2. The third-order valence-electron chi connectivity index (χ3n) is 4.62. The molecule has 170 valence electrons. The Labute approximate surface area is 179 Å². The van der Waals surface area contributed by atoms with Gasteiger partial charge in [-0.05, 0) is 24.1 Å². The number of rotatable bonds is 8. The Morgan fingerprint density at radius 2 is 1.94 bits per heavy atom. The van der Waals surface area contributed by atoms with E-state index in [9.17, 15) is 18.0 Å². The lowest BCUT2D eigenvalue weighted by Crippen LogP contribution is -2.42. The van der Waals surface area contributed by atoms with Crippen molar-refractivity contribution in [3.63, 3.8) is 0 Å². The van der Waals surface area contributed by atoms with Gasteiger partial charge in [0.15, 0.2) is 5.96 Å². The molecule has 0 spiro atoms. The molecule has 1 heterocycles. The summed E-state index contributed by atoms with van der Waals surface area (Å²) in [7, 11) is 3.27. The fourth-order valence-electron chi connectivity index (χ4n) is 2.82. The molecule has 0 saturated heterocycles. The molecule has 1 amide bonds. The van der Waals surface area contributed by atoms with Gasteiger partial charge in [-0.15, -0.1) is 0 Å². The Morgan fingerprint density at radius 3 is 2.55 bits per heavy atom. The fraction of sp³-hybridized carbons (Fsp3) is 0.476. The van der Waals surface area contributed by atoms with Crippen LogP contribution in [0.1, 0.15) is 42.0 Å². The number of aryl methyl sites for hydroxylation is 2. The number of nitrogens with zero attached hydrogens (tertiary/aromatic N) is 3. The Kier molecular flexibility index (Phi) is 8.47. The largest absolute Gasteiger partial charge is 0.416 e. The molecule has 0 aliphatic carbocycles. The quantitative estimate of drug-likeness (QED) is 0.488. The second kappa shape index (κ2) is 10.8. The van der Waals surface area contributed by atoms with Gasteiger partial charge in [0.1, 0.15) is 5.76 Å². The molecule has 0 unspecified atom stereocenters. The first-order chi connectivity index (χ1) is 14.7. The van der Waals surface area contributed by atoms with E-state index in [0.717, 1.165) is 29.2 Å². The van der Waals surface area contributed by atoms with Crippen LogP contribution >= 0.6 is 0 Å². The maximum absolute atomic E-state index is 13.0. The molecule has 10 heteroatoms. The molecular formula is C21H28F3N5O2. The third kappa shape index (κ3) is 7.01. The second-order valence-corrected chi connectivity index (χ2v) is 7.10. The van der Waals surface area contributed by atoms with E-state index in [1.165, 1.54) is 11.0 Å². The highest BCUT2D eigenvalue weighted by Crippen LogP contribution is 2.29. The van der Waals surface area contributed by atoms with Gasteiger partial charge in [-0.2, -0.15) is 13.2 Å². The van der Waals surface area contributed by atoms with Crippen molar-refractivity contribution in [2.24, 2.45) is 4.99 Å². The number of guanidine groups is 1. The molecule has 1 aromatic carbocycles. The first-order valence-electron chi connectivity index (χ1n) is 10.00. The normalized spacial score (nSPS) is 12.0. The molecule has 0 radical (unpaired) electrons. The van der Waals surface area contributed by atoms with E-state index in [1.54, 1.807) is 20.2 Å². The van der Waals surface area contributed by atoms with Crippen LogP contribution in [0.25, 0.3) is 0 Å². The van der Waals surface area contributed by atoms with Crippen molar-refractivity contribution in [3.05, 3.63) is 52.4 Å². The highest BCUT2D eigenvalue weighted by atomic mass is 19.4. The molecule has 7 nitrogen and oxygen atoms in total. The van der Waals surface area contributed by atoms with E-state index in [2.05, 4.69) is 20.8 Å². The SMILES string of the molecule is CCc1noc(CC)c1CNC(=NCc1cccc(C(F)(F)F)c1)NCC(=O)N(C)C. The van der Waals surface area contributed by atoms with Gasteiger partial charge in [-0.25, -0.2) is 4.99 Å². The van der Waals surface area contributed by atoms with E-state index in [0.29, 0.717) is 30.9 Å². The van der Waals surface area contributed by atoms with Gasteiger partial charge in [0.2, 0.25) is 5.91 Å². The monoisotopic (exact) mass is 439 g/mol. The van der Waals surface area contributed by atoms with Gasteiger partial charge in [-0.3, -0.25) is 4.79 Å². The van der Waals surface area contributed by atoms with Crippen molar-refractivity contribution in [3.8, 4) is 0 Å². The number of hydrogen-bond acceptors (Lipinski definition) is 4. The van der Waals surface area contributed by atoms with Crippen LogP contribution < -0.4 is 10.6 Å². The lowest BCUT2D eigenvalue weighted by molar-refractivity contribution is -0.137. The summed E-state index contributed by atoms with van der Waals surface area (Å²) < 4.78 is 44.2. The smallest absolute Gasteiger partial charge is 0.361 e. The van der Waals surface area contributed by atoms with Gasteiger partial charge >= 0.3 is 6.18 Å². The van der Waals surface area contributed by atoms with E-state index in [4.69, 9.17) is 4.52 Å². The van der Waals surface area contributed by atoms with Crippen LogP contribution in [0.15, 0.2) is 33.8 Å². The molecule has 2 rings (SSSR count). The molecule has 0 fully saturated rings. The first-order valence-corrected chi connectivity index (χ1v) is 10.00. The second-order valence-electron chi connectivity index (χ2n) is 7.10. The van der Waals surface area contributed by atoms with Crippen molar-refractivity contribution < 1.29 is 22.5 Å². The lowest BCUT2D eigenvalue weighted by Gasteiger charge is -2.15. The molecule has 2 aromatic rings. The Bertz CT molecular complexity index is 885. The van der Waals surface area contributed by atoms with Gasteiger partial charge < -0.3 is 20.1 Å². The predicted octanol–water partition coefficient (Wildman–Crippen LogP) is 3.14. The molecule has 0 aliphatic heterocycles. The van der Waals surface area contributed by atoms with Crippen molar-refractivity contribution in [1.29, 1.82) is 0 Å². The van der Waals surface area contributed by atoms with Gasteiger partial charge in [0.25, 0.3) is 0 Å². The number of hydrogen-bond donors (Lipinski definition) is 2. The Balaban J connectivity index is 2.18.